The molecule has 1 atom stereocenters. The monoisotopic (exact) mass is 267 g/mol. The van der Waals surface area contributed by atoms with Gasteiger partial charge in [-0.25, -0.2) is 0 Å². The Morgan fingerprint density at radius 2 is 2.05 bits per heavy atom. The van der Waals surface area contributed by atoms with Crippen LogP contribution < -0.4 is 10.6 Å². The zero-order chi connectivity index (χ0) is 14.6. The van der Waals surface area contributed by atoms with Crippen LogP contribution in [-0.4, -0.2) is 23.1 Å². The Bertz CT molecular complexity index is 418. The van der Waals surface area contributed by atoms with Gasteiger partial charge >= 0.3 is 0 Å². The zero-order valence-corrected chi connectivity index (χ0v) is 12.8. The molecule has 0 radical (unpaired) electrons. The van der Waals surface area contributed by atoms with Crippen LogP contribution in [0.25, 0.3) is 0 Å². The fraction of sp³-hybridized carbons (Fsp3) is 0.714. The summed E-state index contributed by atoms with van der Waals surface area (Å²) in [6, 6.07) is 0.0433. The Hall–Kier alpha value is -1.36. The van der Waals surface area contributed by atoms with Crippen molar-refractivity contribution in [2.45, 2.75) is 59.5 Å². The third-order valence-electron chi connectivity index (χ3n) is 3.45. The molecule has 5 heteroatoms. The third kappa shape index (κ3) is 4.35. The average molecular weight is 267 g/mol. The number of nitrogens with zero attached hydrogens (tertiary/aromatic N) is 1. The Morgan fingerprint density at radius 1 is 1.42 bits per heavy atom. The molecule has 108 valence electrons. The minimum atomic E-state index is -0.162. The molecule has 1 heterocycles. The van der Waals surface area contributed by atoms with E-state index in [2.05, 4.69) is 22.7 Å². The van der Waals surface area contributed by atoms with E-state index in [1.807, 2.05) is 34.6 Å². The lowest BCUT2D eigenvalue weighted by Crippen LogP contribution is -2.46. The van der Waals surface area contributed by atoms with Gasteiger partial charge in [-0.3, -0.25) is 4.79 Å². The predicted octanol–water partition coefficient (Wildman–Crippen LogP) is 2.25. The Balaban J connectivity index is 2.51. The SMILES string of the molecule is CCC(C)(C)NC(=O)CNC(C)c1c(C)noc1C. The first kappa shape index (κ1) is 15.7. The van der Waals surface area contributed by atoms with E-state index in [0.29, 0.717) is 0 Å². The summed E-state index contributed by atoms with van der Waals surface area (Å²) in [5.74, 6) is 0.803. The molecule has 1 amide bonds. The predicted molar refractivity (Wildman–Crippen MR) is 74.9 cm³/mol. The van der Waals surface area contributed by atoms with Crippen molar-refractivity contribution in [3.8, 4) is 0 Å². The zero-order valence-electron chi connectivity index (χ0n) is 12.8. The van der Waals surface area contributed by atoms with Gasteiger partial charge in [0.1, 0.15) is 5.76 Å². The van der Waals surface area contributed by atoms with Gasteiger partial charge in [0.05, 0.1) is 12.2 Å². The number of carbonyl (C=O) groups excluding carboxylic acids is 1. The summed E-state index contributed by atoms with van der Waals surface area (Å²) in [7, 11) is 0. The number of rotatable bonds is 6. The summed E-state index contributed by atoms with van der Waals surface area (Å²) >= 11 is 0. The van der Waals surface area contributed by atoms with Crippen molar-refractivity contribution in [2.24, 2.45) is 0 Å². The quantitative estimate of drug-likeness (QED) is 0.829. The van der Waals surface area contributed by atoms with E-state index in [1.165, 1.54) is 0 Å². The van der Waals surface area contributed by atoms with Crippen LogP contribution in [0.3, 0.4) is 0 Å². The fourth-order valence-electron chi connectivity index (χ4n) is 1.97. The standard InChI is InChI=1S/C14H25N3O2/c1-7-14(5,6)16-12(18)8-15-9(2)13-10(3)17-19-11(13)4/h9,15H,7-8H2,1-6H3,(H,16,18). The van der Waals surface area contributed by atoms with Crippen LogP contribution in [0, 0.1) is 13.8 Å². The normalized spacial score (nSPS) is 13.4. The molecule has 0 saturated carbocycles. The molecule has 0 saturated heterocycles. The van der Waals surface area contributed by atoms with Crippen molar-refractivity contribution in [1.82, 2.24) is 15.8 Å². The molecular formula is C14H25N3O2. The molecule has 0 aliphatic rings. The first-order chi connectivity index (χ1) is 8.76. The summed E-state index contributed by atoms with van der Waals surface area (Å²) in [6.07, 6.45) is 0.901. The van der Waals surface area contributed by atoms with E-state index < -0.39 is 0 Å². The van der Waals surface area contributed by atoms with E-state index in [4.69, 9.17) is 4.52 Å². The first-order valence-corrected chi connectivity index (χ1v) is 6.74. The number of carbonyl (C=O) groups is 1. The molecule has 1 rings (SSSR count). The Morgan fingerprint density at radius 3 is 2.53 bits per heavy atom. The van der Waals surface area contributed by atoms with Crippen molar-refractivity contribution in [1.29, 1.82) is 0 Å². The second-order valence-electron chi connectivity index (χ2n) is 5.63. The second kappa shape index (κ2) is 6.19. The van der Waals surface area contributed by atoms with E-state index in [-0.39, 0.29) is 24.0 Å². The van der Waals surface area contributed by atoms with Gasteiger partial charge in [0.15, 0.2) is 0 Å². The topological polar surface area (TPSA) is 67.2 Å². The highest BCUT2D eigenvalue weighted by Crippen LogP contribution is 2.20. The molecule has 0 bridgehead atoms. The molecule has 0 fully saturated rings. The highest BCUT2D eigenvalue weighted by molar-refractivity contribution is 5.78. The van der Waals surface area contributed by atoms with Crippen molar-refractivity contribution in [3.63, 3.8) is 0 Å². The summed E-state index contributed by atoms with van der Waals surface area (Å²) in [5, 5.41) is 10.1. The minimum Gasteiger partial charge on any atom is -0.361 e. The van der Waals surface area contributed by atoms with Gasteiger partial charge in [-0.1, -0.05) is 12.1 Å². The Kier molecular flexibility index (Phi) is 5.11. The highest BCUT2D eigenvalue weighted by atomic mass is 16.5. The molecule has 2 N–H and O–H groups in total. The molecule has 1 aromatic rings. The van der Waals surface area contributed by atoms with Crippen LogP contribution in [0.15, 0.2) is 4.52 Å². The van der Waals surface area contributed by atoms with Crippen molar-refractivity contribution in [3.05, 3.63) is 17.0 Å². The summed E-state index contributed by atoms with van der Waals surface area (Å²) in [4.78, 5) is 11.8. The number of aromatic nitrogens is 1. The summed E-state index contributed by atoms with van der Waals surface area (Å²) < 4.78 is 5.13. The average Bonchev–Trinajstić information content (AvgIpc) is 2.66. The number of aryl methyl sites for hydroxylation is 2. The summed E-state index contributed by atoms with van der Waals surface area (Å²) in [5.41, 5.74) is 1.74. The van der Waals surface area contributed by atoms with Crippen LogP contribution in [0.2, 0.25) is 0 Å². The van der Waals surface area contributed by atoms with Gasteiger partial charge in [-0.2, -0.15) is 0 Å². The van der Waals surface area contributed by atoms with Gasteiger partial charge in [0.2, 0.25) is 5.91 Å². The van der Waals surface area contributed by atoms with Gasteiger partial charge < -0.3 is 15.2 Å². The molecule has 0 aliphatic heterocycles. The van der Waals surface area contributed by atoms with Gasteiger partial charge in [0.25, 0.3) is 0 Å². The Labute approximate surface area is 115 Å². The maximum Gasteiger partial charge on any atom is 0.234 e. The largest absolute Gasteiger partial charge is 0.361 e. The summed E-state index contributed by atoms with van der Waals surface area (Å²) in [6.45, 7) is 12.2. The van der Waals surface area contributed by atoms with Crippen molar-refractivity contribution < 1.29 is 9.32 Å². The van der Waals surface area contributed by atoms with Crippen LogP contribution in [-0.2, 0) is 4.79 Å². The molecule has 19 heavy (non-hydrogen) atoms. The molecule has 5 nitrogen and oxygen atoms in total. The van der Waals surface area contributed by atoms with Crippen LogP contribution in [0.1, 0.15) is 57.2 Å². The lowest BCUT2D eigenvalue weighted by atomic mass is 10.0. The molecule has 1 aromatic heterocycles. The van der Waals surface area contributed by atoms with Gasteiger partial charge in [-0.15, -0.1) is 0 Å². The third-order valence-corrected chi connectivity index (χ3v) is 3.45. The lowest BCUT2D eigenvalue weighted by molar-refractivity contribution is -0.122. The van der Waals surface area contributed by atoms with Gasteiger partial charge in [-0.05, 0) is 41.0 Å². The maximum absolute atomic E-state index is 11.8. The van der Waals surface area contributed by atoms with E-state index in [9.17, 15) is 4.79 Å². The van der Waals surface area contributed by atoms with Crippen LogP contribution in [0.5, 0.6) is 0 Å². The van der Waals surface area contributed by atoms with Crippen LogP contribution >= 0.6 is 0 Å². The van der Waals surface area contributed by atoms with E-state index in [1.54, 1.807) is 0 Å². The van der Waals surface area contributed by atoms with Gasteiger partial charge in [0, 0.05) is 17.1 Å². The molecule has 0 aromatic carbocycles. The fourth-order valence-corrected chi connectivity index (χ4v) is 1.97. The van der Waals surface area contributed by atoms with Crippen LogP contribution in [0.4, 0.5) is 0 Å². The second-order valence-corrected chi connectivity index (χ2v) is 5.63. The number of hydrogen-bond donors (Lipinski definition) is 2. The molecule has 1 unspecified atom stereocenters. The van der Waals surface area contributed by atoms with E-state index in [0.717, 1.165) is 23.4 Å². The van der Waals surface area contributed by atoms with E-state index >= 15 is 0 Å². The first-order valence-electron chi connectivity index (χ1n) is 6.74. The van der Waals surface area contributed by atoms with Crippen molar-refractivity contribution >= 4 is 5.91 Å². The molecule has 0 aliphatic carbocycles. The number of nitrogens with one attached hydrogen (secondary N) is 2. The number of amides is 1. The van der Waals surface area contributed by atoms with Crippen molar-refractivity contribution in [2.75, 3.05) is 6.54 Å². The maximum atomic E-state index is 11.8. The minimum absolute atomic E-state index is 0.00506. The molecule has 0 spiro atoms. The number of hydrogen-bond acceptors (Lipinski definition) is 4. The smallest absolute Gasteiger partial charge is 0.234 e. The lowest BCUT2D eigenvalue weighted by Gasteiger charge is -2.25. The highest BCUT2D eigenvalue weighted by Gasteiger charge is 2.20. The molecular weight excluding hydrogens is 242 g/mol.